The summed E-state index contributed by atoms with van der Waals surface area (Å²) in [7, 11) is 3.59. The van der Waals surface area contributed by atoms with Gasteiger partial charge in [0.25, 0.3) is 0 Å². The van der Waals surface area contributed by atoms with Crippen LogP contribution in [0.3, 0.4) is 0 Å². The SMILES string of the molecule is CCn1nc(C)c(N)c1N1CCCC1C(=O)N(C)C. The van der Waals surface area contributed by atoms with Gasteiger partial charge in [-0.1, -0.05) is 0 Å². The fourth-order valence-corrected chi connectivity index (χ4v) is 2.68. The summed E-state index contributed by atoms with van der Waals surface area (Å²) in [5, 5.41) is 4.44. The molecule has 0 aromatic carbocycles. The van der Waals surface area contributed by atoms with Gasteiger partial charge in [-0.15, -0.1) is 0 Å². The number of nitrogens with two attached hydrogens (primary N) is 1. The number of amides is 1. The Kier molecular flexibility index (Phi) is 3.68. The second kappa shape index (κ2) is 5.11. The van der Waals surface area contributed by atoms with E-state index in [-0.39, 0.29) is 11.9 Å². The molecule has 1 aromatic rings. The van der Waals surface area contributed by atoms with E-state index < -0.39 is 0 Å². The van der Waals surface area contributed by atoms with E-state index in [0.29, 0.717) is 5.69 Å². The number of aromatic nitrogens is 2. The molecule has 1 aliphatic heterocycles. The topological polar surface area (TPSA) is 67.4 Å². The molecule has 6 nitrogen and oxygen atoms in total. The van der Waals surface area contributed by atoms with Gasteiger partial charge in [-0.2, -0.15) is 5.10 Å². The van der Waals surface area contributed by atoms with Crippen LogP contribution in [0.15, 0.2) is 0 Å². The molecule has 1 atom stereocenters. The van der Waals surface area contributed by atoms with Crippen molar-refractivity contribution in [1.29, 1.82) is 0 Å². The van der Waals surface area contributed by atoms with Crippen molar-refractivity contribution in [3.63, 3.8) is 0 Å². The van der Waals surface area contributed by atoms with E-state index in [1.54, 1.807) is 19.0 Å². The molecule has 106 valence electrons. The highest BCUT2D eigenvalue weighted by molar-refractivity contribution is 5.86. The summed E-state index contributed by atoms with van der Waals surface area (Å²) in [6, 6.07) is -0.112. The molecule has 1 aliphatic rings. The van der Waals surface area contributed by atoms with E-state index in [2.05, 4.69) is 10.00 Å². The minimum absolute atomic E-state index is 0.112. The first-order valence-electron chi connectivity index (χ1n) is 6.78. The van der Waals surface area contributed by atoms with Crippen molar-refractivity contribution < 1.29 is 4.79 Å². The Bertz CT molecular complexity index is 480. The summed E-state index contributed by atoms with van der Waals surface area (Å²) in [5.41, 5.74) is 7.68. The predicted octanol–water partition coefficient (Wildman–Crippen LogP) is 0.851. The molecule has 6 heteroatoms. The summed E-state index contributed by atoms with van der Waals surface area (Å²) < 4.78 is 1.89. The third-order valence-corrected chi connectivity index (χ3v) is 3.70. The number of carbonyl (C=O) groups is 1. The summed E-state index contributed by atoms with van der Waals surface area (Å²) in [5.74, 6) is 1.04. The molecule has 0 saturated carbocycles. The van der Waals surface area contributed by atoms with E-state index in [0.717, 1.165) is 37.4 Å². The predicted molar refractivity (Wildman–Crippen MR) is 76.1 cm³/mol. The Labute approximate surface area is 114 Å². The molecule has 1 saturated heterocycles. The second-order valence-electron chi connectivity index (χ2n) is 5.22. The molecular weight excluding hydrogens is 242 g/mol. The summed E-state index contributed by atoms with van der Waals surface area (Å²) >= 11 is 0. The number of carbonyl (C=O) groups excluding carboxylic acids is 1. The number of aryl methyl sites for hydroxylation is 2. The lowest BCUT2D eigenvalue weighted by Crippen LogP contribution is -2.43. The van der Waals surface area contributed by atoms with Gasteiger partial charge in [0, 0.05) is 27.2 Å². The van der Waals surface area contributed by atoms with Crippen molar-refractivity contribution in [3.8, 4) is 0 Å². The van der Waals surface area contributed by atoms with Crippen LogP contribution in [0.2, 0.25) is 0 Å². The first kappa shape index (κ1) is 13.7. The third-order valence-electron chi connectivity index (χ3n) is 3.70. The Morgan fingerprint density at radius 1 is 1.53 bits per heavy atom. The molecule has 0 aliphatic carbocycles. The normalized spacial score (nSPS) is 18.9. The number of nitrogens with zero attached hydrogens (tertiary/aromatic N) is 4. The zero-order valence-corrected chi connectivity index (χ0v) is 12.2. The van der Waals surface area contributed by atoms with Crippen LogP contribution in [-0.4, -0.2) is 47.3 Å². The van der Waals surface area contributed by atoms with Crippen LogP contribution in [0, 0.1) is 6.92 Å². The molecule has 19 heavy (non-hydrogen) atoms. The van der Waals surface area contributed by atoms with Crippen molar-refractivity contribution in [2.45, 2.75) is 39.3 Å². The molecule has 1 fully saturated rings. The second-order valence-corrected chi connectivity index (χ2v) is 5.22. The molecule has 0 radical (unpaired) electrons. The zero-order valence-electron chi connectivity index (χ0n) is 12.2. The summed E-state index contributed by atoms with van der Waals surface area (Å²) in [6.45, 7) is 5.56. The van der Waals surface area contributed by atoms with Crippen LogP contribution in [-0.2, 0) is 11.3 Å². The minimum Gasteiger partial charge on any atom is -0.394 e. The number of hydrogen-bond acceptors (Lipinski definition) is 4. The molecule has 0 bridgehead atoms. The fourth-order valence-electron chi connectivity index (χ4n) is 2.68. The fraction of sp³-hybridized carbons (Fsp3) is 0.692. The van der Waals surface area contributed by atoms with E-state index in [1.165, 1.54) is 0 Å². The highest BCUT2D eigenvalue weighted by Crippen LogP contribution is 2.32. The monoisotopic (exact) mass is 265 g/mol. The largest absolute Gasteiger partial charge is 0.394 e. The smallest absolute Gasteiger partial charge is 0.244 e. The van der Waals surface area contributed by atoms with Crippen LogP contribution in [0.1, 0.15) is 25.5 Å². The van der Waals surface area contributed by atoms with Gasteiger partial charge in [0.2, 0.25) is 5.91 Å². The van der Waals surface area contributed by atoms with Crippen LogP contribution in [0.25, 0.3) is 0 Å². The first-order chi connectivity index (χ1) is 8.97. The van der Waals surface area contributed by atoms with Gasteiger partial charge < -0.3 is 15.5 Å². The average Bonchev–Trinajstić information content (AvgIpc) is 2.94. The maximum absolute atomic E-state index is 12.3. The summed E-state index contributed by atoms with van der Waals surface area (Å²) in [6.07, 6.45) is 1.89. The molecule has 1 aromatic heterocycles. The molecule has 2 rings (SSSR count). The third kappa shape index (κ3) is 2.27. The molecule has 1 unspecified atom stereocenters. The van der Waals surface area contributed by atoms with Crippen LogP contribution >= 0.6 is 0 Å². The van der Waals surface area contributed by atoms with Crippen molar-refractivity contribution in [2.75, 3.05) is 31.3 Å². The number of hydrogen-bond donors (Lipinski definition) is 1. The number of anilines is 2. The number of nitrogen functional groups attached to an aromatic ring is 1. The molecule has 1 amide bonds. The lowest BCUT2D eigenvalue weighted by Gasteiger charge is -2.28. The Morgan fingerprint density at radius 3 is 2.79 bits per heavy atom. The highest BCUT2D eigenvalue weighted by Gasteiger charge is 2.35. The Balaban J connectivity index is 2.37. The van der Waals surface area contributed by atoms with E-state index in [9.17, 15) is 4.79 Å². The van der Waals surface area contributed by atoms with E-state index in [1.807, 2.05) is 18.5 Å². The molecule has 2 N–H and O–H groups in total. The van der Waals surface area contributed by atoms with Crippen LogP contribution in [0.5, 0.6) is 0 Å². The van der Waals surface area contributed by atoms with Gasteiger partial charge in [0.05, 0.1) is 11.4 Å². The van der Waals surface area contributed by atoms with Crippen molar-refractivity contribution in [2.24, 2.45) is 0 Å². The quantitative estimate of drug-likeness (QED) is 0.880. The molecule has 2 heterocycles. The maximum atomic E-state index is 12.3. The van der Waals surface area contributed by atoms with Crippen molar-refractivity contribution in [3.05, 3.63) is 5.69 Å². The van der Waals surface area contributed by atoms with Gasteiger partial charge in [-0.05, 0) is 26.7 Å². The van der Waals surface area contributed by atoms with Gasteiger partial charge in [-0.25, -0.2) is 4.68 Å². The average molecular weight is 265 g/mol. The standard InChI is InChI=1S/C13H23N5O/c1-5-18-12(11(14)9(2)15-18)17-8-6-7-10(17)13(19)16(3)4/h10H,5-8,14H2,1-4H3. The zero-order chi connectivity index (χ0) is 14.2. The van der Waals surface area contributed by atoms with Crippen LogP contribution < -0.4 is 10.6 Å². The van der Waals surface area contributed by atoms with Gasteiger partial charge in [-0.3, -0.25) is 4.79 Å². The minimum atomic E-state index is -0.112. The lowest BCUT2D eigenvalue weighted by molar-refractivity contribution is -0.129. The first-order valence-corrected chi connectivity index (χ1v) is 6.78. The van der Waals surface area contributed by atoms with Gasteiger partial charge in [0.1, 0.15) is 6.04 Å². The lowest BCUT2D eigenvalue weighted by atomic mass is 10.2. The highest BCUT2D eigenvalue weighted by atomic mass is 16.2. The van der Waals surface area contributed by atoms with Gasteiger partial charge >= 0.3 is 0 Å². The van der Waals surface area contributed by atoms with Crippen molar-refractivity contribution >= 4 is 17.4 Å². The Hall–Kier alpha value is -1.72. The molecular formula is C13H23N5O. The van der Waals surface area contributed by atoms with E-state index >= 15 is 0 Å². The van der Waals surface area contributed by atoms with Gasteiger partial charge in [0.15, 0.2) is 5.82 Å². The van der Waals surface area contributed by atoms with Crippen molar-refractivity contribution in [1.82, 2.24) is 14.7 Å². The summed E-state index contributed by atoms with van der Waals surface area (Å²) in [4.78, 5) is 16.0. The van der Waals surface area contributed by atoms with E-state index in [4.69, 9.17) is 5.73 Å². The number of rotatable bonds is 3. The Morgan fingerprint density at radius 2 is 2.21 bits per heavy atom. The number of likely N-dealkylation sites (N-methyl/N-ethyl adjacent to an activating group) is 1. The maximum Gasteiger partial charge on any atom is 0.244 e. The molecule has 0 spiro atoms. The van der Waals surface area contributed by atoms with Crippen LogP contribution in [0.4, 0.5) is 11.5 Å².